The summed E-state index contributed by atoms with van der Waals surface area (Å²) >= 11 is 0. The molecular formula is C32H35N5O3. The van der Waals surface area contributed by atoms with Gasteiger partial charge < -0.3 is 4.74 Å². The van der Waals surface area contributed by atoms with Gasteiger partial charge in [0.25, 0.3) is 5.56 Å². The third-order valence-corrected chi connectivity index (χ3v) is 8.18. The number of carbonyl (C=O) groups excluding carboxylic acids is 1. The van der Waals surface area contributed by atoms with E-state index in [-0.39, 0.29) is 17.6 Å². The van der Waals surface area contributed by atoms with Crippen LogP contribution in [0.15, 0.2) is 59.7 Å². The minimum absolute atomic E-state index is 0.0701. The average Bonchev–Trinajstić information content (AvgIpc) is 3.46. The zero-order valence-corrected chi connectivity index (χ0v) is 23.4. The number of aryl methyl sites for hydroxylation is 1. The largest absolute Gasteiger partial charge is 0.466 e. The molecule has 40 heavy (non-hydrogen) atoms. The summed E-state index contributed by atoms with van der Waals surface area (Å²) in [5.41, 5.74) is 4.25. The van der Waals surface area contributed by atoms with Crippen molar-refractivity contribution in [1.82, 2.24) is 19.2 Å². The number of fused-ring (bicyclic) bond motifs is 1. The van der Waals surface area contributed by atoms with Crippen molar-refractivity contribution >= 4 is 11.7 Å². The highest BCUT2D eigenvalue weighted by Crippen LogP contribution is 2.41. The van der Waals surface area contributed by atoms with Crippen molar-refractivity contribution in [1.29, 1.82) is 5.26 Å². The van der Waals surface area contributed by atoms with Gasteiger partial charge in [0.15, 0.2) is 0 Å². The number of ether oxygens (including phenoxy) is 1. The van der Waals surface area contributed by atoms with Gasteiger partial charge in [0.1, 0.15) is 6.33 Å². The molecule has 1 fully saturated rings. The Kier molecular flexibility index (Phi) is 7.83. The van der Waals surface area contributed by atoms with Crippen LogP contribution < -0.4 is 5.56 Å². The fourth-order valence-corrected chi connectivity index (χ4v) is 5.95. The van der Waals surface area contributed by atoms with E-state index in [0.29, 0.717) is 62.0 Å². The molecule has 0 unspecified atom stereocenters. The van der Waals surface area contributed by atoms with Crippen LogP contribution in [-0.2, 0) is 22.4 Å². The summed E-state index contributed by atoms with van der Waals surface area (Å²) in [5.74, 6) is 0.374. The second-order valence-electron chi connectivity index (χ2n) is 10.9. The second kappa shape index (κ2) is 11.5. The van der Waals surface area contributed by atoms with Crippen LogP contribution in [0.1, 0.15) is 81.3 Å². The van der Waals surface area contributed by atoms with Crippen molar-refractivity contribution in [2.75, 3.05) is 6.61 Å². The minimum atomic E-state index is -0.542. The lowest BCUT2D eigenvalue weighted by Crippen LogP contribution is -2.38. The van der Waals surface area contributed by atoms with Crippen molar-refractivity contribution in [3.63, 3.8) is 0 Å². The van der Waals surface area contributed by atoms with Crippen molar-refractivity contribution in [3.8, 4) is 17.2 Å². The summed E-state index contributed by atoms with van der Waals surface area (Å²) in [6.07, 6.45) is 6.06. The molecule has 1 aliphatic carbocycles. The standard InChI is InChI=1S/C32H35N5O3/c1-4-9-28-27(19-22-12-13-26(24(18-22)20-33)23-10-7-6-8-11-23)29(38)36(31-34-21-35-37(28)31)25-14-16-32(3,17-15-25)30(39)40-5-2/h6-8,10-13,18,21,25H,4-5,9,14-17,19H2,1-3H3. The highest BCUT2D eigenvalue weighted by atomic mass is 16.5. The maximum atomic E-state index is 14.2. The zero-order chi connectivity index (χ0) is 28.3. The zero-order valence-electron chi connectivity index (χ0n) is 23.4. The Labute approximate surface area is 234 Å². The van der Waals surface area contributed by atoms with E-state index in [1.807, 2.05) is 66.9 Å². The molecule has 2 aromatic carbocycles. The first-order valence-electron chi connectivity index (χ1n) is 14.1. The van der Waals surface area contributed by atoms with Crippen LogP contribution in [0.4, 0.5) is 0 Å². The van der Waals surface area contributed by atoms with E-state index in [0.717, 1.165) is 28.8 Å². The van der Waals surface area contributed by atoms with Gasteiger partial charge in [-0.3, -0.25) is 14.2 Å². The van der Waals surface area contributed by atoms with Crippen molar-refractivity contribution in [2.24, 2.45) is 5.41 Å². The molecule has 0 amide bonds. The lowest BCUT2D eigenvalue weighted by Gasteiger charge is -2.36. The van der Waals surface area contributed by atoms with E-state index in [4.69, 9.17) is 4.74 Å². The molecule has 1 aliphatic rings. The van der Waals surface area contributed by atoms with E-state index >= 15 is 0 Å². The molecule has 1 saturated carbocycles. The topological polar surface area (TPSA) is 102 Å². The van der Waals surface area contributed by atoms with Gasteiger partial charge in [-0.2, -0.15) is 15.3 Å². The van der Waals surface area contributed by atoms with Gasteiger partial charge in [0, 0.05) is 18.0 Å². The monoisotopic (exact) mass is 537 g/mol. The summed E-state index contributed by atoms with van der Waals surface area (Å²) in [6, 6.07) is 17.9. The molecule has 0 N–H and O–H groups in total. The van der Waals surface area contributed by atoms with Crippen LogP contribution in [0, 0.1) is 16.7 Å². The van der Waals surface area contributed by atoms with Crippen LogP contribution in [0.3, 0.4) is 0 Å². The Hall–Kier alpha value is -4.25. The summed E-state index contributed by atoms with van der Waals surface area (Å²) in [7, 11) is 0. The first-order valence-corrected chi connectivity index (χ1v) is 14.1. The van der Waals surface area contributed by atoms with Gasteiger partial charge in [-0.15, -0.1) is 0 Å². The maximum absolute atomic E-state index is 14.2. The van der Waals surface area contributed by atoms with Crippen LogP contribution in [0.2, 0.25) is 0 Å². The van der Waals surface area contributed by atoms with Crippen molar-refractivity contribution in [2.45, 2.75) is 71.8 Å². The van der Waals surface area contributed by atoms with Crippen molar-refractivity contribution in [3.05, 3.63) is 87.6 Å². The average molecular weight is 538 g/mol. The number of hydrogen-bond acceptors (Lipinski definition) is 6. The first kappa shape index (κ1) is 27.3. The third kappa shape index (κ3) is 5.04. The predicted molar refractivity (Wildman–Crippen MR) is 153 cm³/mol. The Morgan fingerprint density at radius 2 is 1.90 bits per heavy atom. The van der Waals surface area contributed by atoms with Crippen molar-refractivity contribution < 1.29 is 9.53 Å². The normalized spacial score (nSPS) is 18.9. The van der Waals surface area contributed by atoms with Gasteiger partial charge >= 0.3 is 5.97 Å². The van der Waals surface area contributed by atoms with Crippen LogP contribution in [0.25, 0.3) is 16.9 Å². The van der Waals surface area contributed by atoms with Crippen LogP contribution in [-0.4, -0.2) is 31.7 Å². The molecule has 5 rings (SSSR count). The number of rotatable bonds is 8. The van der Waals surface area contributed by atoms with E-state index in [2.05, 4.69) is 23.1 Å². The Morgan fingerprint density at radius 3 is 2.58 bits per heavy atom. The summed E-state index contributed by atoms with van der Waals surface area (Å²) in [5, 5.41) is 14.5. The molecule has 0 spiro atoms. The van der Waals surface area contributed by atoms with E-state index in [1.165, 1.54) is 6.33 Å². The number of esters is 1. The number of aromatic nitrogens is 4. The molecule has 0 aliphatic heterocycles. The molecule has 2 aromatic heterocycles. The first-order chi connectivity index (χ1) is 19.4. The maximum Gasteiger partial charge on any atom is 0.311 e. The Balaban J connectivity index is 1.54. The smallest absolute Gasteiger partial charge is 0.311 e. The SMILES string of the molecule is CCCc1c(Cc2ccc(-c3ccccc3)c(C#N)c2)c(=O)n(C2CCC(C)(C(=O)OCC)CC2)c2ncnn12. The predicted octanol–water partition coefficient (Wildman–Crippen LogP) is 5.66. The Morgan fingerprint density at radius 1 is 1.15 bits per heavy atom. The fourth-order valence-electron chi connectivity index (χ4n) is 5.95. The summed E-state index contributed by atoms with van der Waals surface area (Å²) in [6.45, 7) is 6.22. The number of hydrogen-bond donors (Lipinski definition) is 0. The lowest BCUT2D eigenvalue weighted by molar-refractivity contribution is -0.156. The molecular weight excluding hydrogens is 502 g/mol. The molecule has 8 nitrogen and oxygen atoms in total. The molecule has 0 atom stereocenters. The van der Waals surface area contributed by atoms with Gasteiger partial charge in [-0.25, -0.2) is 4.52 Å². The molecule has 0 radical (unpaired) electrons. The van der Waals surface area contributed by atoms with Gasteiger partial charge in [-0.1, -0.05) is 55.8 Å². The van der Waals surface area contributed by atoms with Crippen LogP contribution in [0.5, 0.6) is 0 Å². The third-order valence-electron chi connectivity index (χ3n) is 8.18. The Bertz CT molecular complexity index is 1620. The number of nitrogens with zero attached hydrogens (tertiary/aromatic N) is 5. The lowest BCUT2D eigenvalue weighted by atomic mass is 9.74. The molecule has 0 saturated heterocycles. The molecule has 206 valence electrons. The number of benzene rings is 2. The van der Waals surface area contributed by atoms with E-state index < -0.39 is 5.41 Å². The highest BCUT2D eigenvalue weighted by molar-refractivity contribution is 5.76. The summed E-state index contributed by atoms with van der Waals surface area (Å²) < 4.78 is 8.93. The highest BCUT2D eigenvalue weighted by Gasteiger charge is 2.40. The molecule has 0 bridgehead atoms. The molecule has 8 heteroatoms. The molecule has 4 aromatic rings. The number of nitriles is 1. The van der Waals surface area contributed by atoms with Gasteiger partial charge in [0.05, 0.1) is 29.3 Å². The number of carbonyl (C=O) groups is 1. The second-order valence-corrected chi connectivity index (χ2v) is 10.9. The van der Waals surface area contributed by atoms with E-state index in [9.17, 15) is 14.9 Å². The van der Waals surface area contributed by atoms with E-state index in [1.54, 1.807) is 4.57 Å². The summed E-state index contributed by atoms with van der Waals surface area (Å²) in [4.78, 5) is 31.3. The van der Waals surface area contributed by atoms with Crippen LogP contribution >= 0.6 is 0 Å². The van der Waals surface area contributed by atoms with Gasteiger partial charge in [0.2, 0.25) is 5.78 Å². The van der Waals surface area contributed by atoms with Gasteiger partial charge in [-0.05, 0) is 68.7 Å². The fraction of sp³-hybridized carbons (Fsp3) is 0.406. The molecule has 2 heterocycles. The quantitative estimate of drug-likeness (QED) is 0.269. The minimum Gasteiger partial charge on any atom is -0.466 e.